The van der Waals surface area contributed by atoms with Crippen molar-refractivity contribution in [3.05, 3.63) is 258 Å². The Balaban J connectivity index is 0.000000146. The zero-order valence-corrected chi connectivity index (χ0v) is 72.0. The highest BCUT2D eigenvalue weighted by Gasteiger charge is 2.57. The predicted molar refractivity (Wildman–Crippen MR) is 470 cm³/mol. The molecule has 6 fully saturated rings. The molecule has 6 aliphatic heterocycles. The van der Waals surface area contributed by atoms with Gasteiger partial charge in [0.05, 0.1) is 41.4 Å². The number of pyridine rings is 1. The molecule has 41 nitrogen and oxygen atoms in total. The number of anilines is 3. The molecule has 7 aromatic heterocycles. The van der Waals surface area contributed by atoms with Crippen LogP contribution < -0.4 is 37.2 Å². The molecular formula is C90H92F2N22O19. The monoisotopic (exact) mass is 1820 g/mol. The lowest BCUT2D eigenvalue weighted by Gasteiger charge is -2.27. The maximum Gasteiger partial charge on any atom is 0.337 e. The number of carbonyl (C=O) groups excluding carboxylic acids is 4. The molecule has 7 amide bonds. The minimum absolute atomic E-state index is 0.0322. The Morgan fingerprint density at radius 3 is 1.28 bits per heavy atom. The molecule has 5 aromatic carbocycles. The number of carbonyl (C=O) groups is 7. The topological polar surface area (TPSA) is 498 Å². The number of halogens is 2. The van der Waals surface area contributed by atoms with Gasteiger partial charge in [0.15, 0.2) is 88.5 Å². The summed E-state index contributed by atoms with van der Waals surface area (Å²) in [5.74, 6) is -4.62. The Morgan fingerprint density at radius 2 is 0.835 bits per heavy atom. The molecule has 15 atom stereocenters. The van der Waals surface area contributed by atoms with E-state index in [1.54, 1.807) is 70.5 Å². The van der Waals surface area contributed by atoms with Gasteiger partial charge in [0.2, 0.25) is 5.91 Å². The van der Waals surface area contributed by atoms with Crippen LogP contribution in [-0.4, -0.2) is 244 Å². The average Bonchev–Trinajstić information content (AvgIpc) is 1.60. The van der Waals surface area contributed by atoms with Crippen LogP contribution in [0.3, 0.4) is 0 Å². The lowest BCUT2D eigenvalue weighted by Crippen LogP contribution is -2.41. The van der Waals surface area contributed by atoms with Gasteiger partial charge in [-0.2, -0.15) is 0 Å². The van der Waals surface area contributed by atoms with Crippen molar-refractivity contribution < 1.29 is 100 Å². The largest absolute Gasteiger partial charge is 0.478 e. The molecule has 6 saturated heterocycles. The molecule has 0 saturated carbocycles. The number of carboxylic acids is 3. The van der Waals surface area contributed by atoms with Crippen LogP contribution in [0.1, 0.15) is 117 Å². The fourth-order valence-electron chi connectivity index (χ4n) is 16.3. The van der Waals surface area contributed by atoms with Crippen molar-refractivity contribution >= 4 is 105 Å². The molecule has 0 bridgehead atoms. The SMILES string of the molecule is CCNC(=O)Nc1ncnc2c1ncn2C1OC(CN(C)Cc2c(F)cccc2C(=O)O)C2O[C@H](/C=C/c3ccccc3)OC21.CCNC(=O)Nc1ncnc2c1ncn2C1OC(CN(Cc2c(F)cccc2C(=O)O)C(C)=O)C2O[C@H](/C=C/c3ccccc3)OC21.CCNC(=O)Nc1ncnc2c1ncn2C1OC(CNCc2ncccc2C(=O)O)C2O[C@H](c3ccccc3)OC21. The number of rotatable bonds is 29. The summed E-state index contributed by atoms with van der Waals surface area (Å²) < 4.78 is 92.2. The number of ether oxygens (including phenoxy) is 9. The number of urea groups is 3. The Morgan fingerprint density at radius 1 is 0.436 bits per heavy atom. The van der Waals surface area contributed by atoms with Crippen molar-refractivity contribution in [2.24, 2.45) is 0 Å². The number of hydrogen-bond acceptors (Lipinski definition) is 28. The van der Waals surface area contributed by atoms with E-state index < -0.39 is 146 Å². The average molecular weight is 1820 g/mol. The number of carboxylic acid groups (broad SMARTS) is 3. The van der Waals surface area contributed by atoms with Crippen LogP contribution in [0.5, 0.6) is 0 Å². The van der Waals surface area contributed by atoms with Gasteiger partial charge < -0.3 is 84.1 Å². The number of nitrogens with zero attached hydrogens (tertiary/aromatic N) is 15. The molecular weight excluding hydrogens is 1730 g/mol. The first-order valence-electron chi connectivity index (χ1n) is 42.5. The van der Waals surface area contributed by atoms with Crippen LogP contribution in [0.25, 0.3) is 45.6 Å². The van der Waals surface area contributed by atoms with Gasteiger partial charge in [-0.05, 0) is 87.5 Å². The van der Waals surface area contributed by atoms with Crippen molar-refractivity contribution in [2.75, 3.05) is 62.3 Å². The fraction of sp³-hybridized carbons (Fsp3) is 0.322. The number of benzene rings is 5. The summed E-state index contributed by atoms with van der Waals surface area (Å²) in [5, 5.41) is 48.0. The quantitative estimate of drug-likeness (QED) is 0.0208. The van der Waals surface area contributed by atoms with Gasteiger partial charge in [0.1, 0.15) is 85.6 Å². The van der Waals surface area contributed by atoms with E-state index in [0.29, 0.717) is 65.4 Å². The van der Waals surface area contributed by atoms with Gasteiger partial charge in [0, 0.05) is 88.7 Å². The molecule has 690 valence electrons. The van der Waals surface area contributed by atoms with Crippen LogP contribution in [-0.2, 0) is 67.1 Å². The fourth-order valence-corrected chi connectivity index (χ4v) is 16.3. The molecule has 0 spiro atoms. The van der Waals surface area contributed by atoms with E-state index >= 15 is 0 Å². The summed E-state index contributed by atoms with van der Waals surface area (Å²) >= 11 is 0. The molecule has 13 heterocycles. The molecule has 18 rings (SSSR count). The highest BCUT2D eigenvalue weighted by atomic mass is 19.1. The van der Waals surface area contributed by atoms with Crippen LogP contribution in [0.15, 0.2) is 196 Å². The first-order chi connectivity index (χ1) is 64.6. The summed E-state index contributed by atoms with van der Waals surface area (Å²) in [6.07, 6.45) is 7.99. The Bertz CT molecular complexity index is 6270. The van der Waals surface area contributed by atoms with Crippen molar-refractivity contribution in [3.63, 3.8) is 0 Å². The third-order valence-electron chi connectivity index (χ3n) is 22.3. The lowest BCUT2D eigenvalue weighted by molar-refractivity contribution is -0.146. The summed E-state index contributed by atoms with van der Waals surface area (Å²) in [5.41, 5.74) is 5.25. The highest BCUT2D eigenvalue weighted by molar-refractivity contribution is 5.98. The summed E-state index contributed by atoms with van der Waals surface area (Å²) in [6, 6.07) is 38.5. The maximum atomic E-state index is 14.9. The molecule has 6 aliphatic rings. The van der Waals surface area contributed by atoms with Gasteiger partial charge in [0.25, 0.3) is 0 Å². The minimum Gasteiger partial charge on any atom is -0.478 e. The van der Waals surface area contributed by atoms with E-state index in [1.165, 1.54) is 73.5 Å². The highest BCUT2D eigenvalue weighted by Crippen LogP contribution is 2.47. The molecule has 0 aliphatic carbocycles. The Labute approximate surface area is 756 Å². The van der Waals surface area contributed by atoms with E-state index in [-0.39, 0.29) is 78.0 Å². The third kappa shape index (κ3) is 20.8. The molecule has 12 aromatic rings. The van der Waals surface area contributed by atoms with E-state index in [1.807, 2.05) is 116 Å². The second kappa shape index (κ2) is 41.7. The molecule has 43 heteroatoms. The first-order valence-corrected chi connectivity index (χ1v) is 42.5. The molecule has 133 heavy (non-hydrogen) atoms. The van der Waals surface area contributed by atoms with Gasteiger partial charge >= 0.3 is 36.0 Å². The van der Waals surface area contributed by atoms with Gasteiger partial charge in [-0.15, -0.1) is 0 Å². The smallest absolute Gasteiger partial charge is 0.337 e. The van der Waals surface area contributed by atoms with Crippen LogP contribution in [0.4, 0.5) is 40.6 Å². The minimum atomic E-state index is -1.31. The van der Waals surface area contributed by atoms with Gasteiger partial charge in [-0.25, -0.2) is 82.4 Å². The second-order valence-electron chi connectivity index (χ2n) is 31.1. The summed E-state index contributed by atoms with van der Waals surface area (Å²) in [7, 11) is 1.76. The van der Waals surface area contributed by atoms with Crippen molar-refractivity contribution in [3.8, 4) is 0 Å². The summed E-state index contributed by atoms with van der Waals surface area (Å²) in [4.78, 5) is 131. The second-order valence-corrected chi connectivity index (χ2v) is 31.1. The van der Waals surface area contributed by atoms with Gasteiger partial charge in [-0.1, -0.05) is 115 Å². The molecule has 10 N–H and O–H groups in total. The first kappa shape index (κ1) is 91.8. The van der Waals surface area contributed by atoms with Gasteiger partial charge in [-0.3, -0.25) is 44.3 Å². The van der Waals surface area contributed by atoms with Crippen molar-refractivity contribution in [2.45, 2.75) is 140 Å². The number of nitrogens with one attached hydrogen (secondary N) is 7. The number of fused-ring (bicyclic) bond motifs is 6. The standard InChI is InChI=1S/C32H32FN7O7.C31H32FN7O6.C27H28N8O6/c1-3-34-32(44)38-28-25-29(36-16-35-28)40(17-37-25)30-27-26(46-24(47-27)13-12-19-8-5-4-6-9-19)23(45-30)15-39(18(2)41)14-21-20(31(42)43)10-7-11-22(21)33;1-3-33-31(42)37-27-24-28(35-16-34-27)39(17-36-24)29-26-25(44-23(45-26)13-12-18-8-5-4-6-9-18)22(43-29)15-38(2)14-20-19(30(40)41)10-7-11-21(20)32;1-2-29-27(38)34-22-19-23(32-13-31-22)35(14-33-19)24-21-20(40-26(41-21)15-7-4-3-5-8-15)18(39-24)12-28-11-17-16(25(36)37)9-6-10-30-17/h4-13,16-17,23-24,26-27,30H,3,14-15H2,1-2H3,(H,42,43)(H2,34,35,36,38,44);4-13,16-17,22-23,25-26,29H,3,14-15H2,1-2H3,(H,40,41)(H2,33,34,35,37,42);3-10,13-14,18,20-21,24,26,28H,2,11-12H2,1H3,(H,36,37)(H2,29,31,32,34,38)/b2*13-12+;/t23?,24-,26?,27?,30?;22?,23-,25?,26?,29?;18?,20?,21?,24?,26-/m000/s1. The number of amides is 7. The zero-order valence-electron chi connectivity index (χ0n) is 72.0. The number of aromatic carboxylic acids is 3. The van der Waals surface area contributed by atoms with Crippen LogP contribution in [0.2, 0.25) is 0 Å². The van der Waals surface area contributed by atoms with Crippen molar-refractivity contribution in [1.82, 2.24) is 94.6 Å². The Hall–Kier alpha value is -14.5. The lowest BCUT2D eigenvalue weighted by atomic mass is 10.1. The number of likely N-dealkylation sites (N-methyl/N-ethyl adjacent to an activating group) is 1. The number of aromatic nitrogens is 13. The number of imidazole rings is 3. The normalized spacial score (nSPS) is 22.7. The summed E-state index contributed by atoms with van der Waals surface area (Å²) in [6.45, 7) is 8.53. The zero-order chi connectivity index (χ0) is 92.9. The van der Waals surface area contributed by atoms with E-state index in [9.17, 15) is 57.7 Å². The predicted octanol–water partition coefficient (Wildman–Crippen LogP) is 9.46. The molecule has 0 radical (unpaired) electrons. The van der Waals surface area contributed by atoms with Crippen LogP contribution in [0, 0.1) is 11.6 Å². The van der Waals surface area contributed by atoms with E-state index in [4.69, 9.17) is 42.6 Å². The maximum absolute atomic E-state index is 14.9. The van der Waals surface area contributed by atoms with Crippen molar-refractivity contribution in [1.29, 1.82) is 0 Å². The molecule has 12 unspecified atom stereocenters. The Kier molecular flexibility index (Phi) is 28.8. The van der Waals surface area contributed by atoms with Crippen LogP contribution >= 0.6 is 0 Å². The van der Waals surface area contributed by atoms with E-state index in [2.05, 4.69) is 87.1 Å². The third-order valence-corrected chi connectivity index (χ3v) is 22.3. The van der Waals surface area contributed by atoms with E-state index in [0.717, 1.165) is 22.8 Å². The number of hydrogen-bond donors (Lipinski definition) is 10.